The third-order valence-electron chi connectivity index (χ3n) is 9.55. The number of imide groups is 1. The normalized spacial score (nSPS) is 14.0. The summed E-state index contributed by atoms with van der Waals surface area (Å²) in [7, 11) is 0. The molecule has 1 aliphatic heterocycles. The first kappa shape index (κ1) is 50.9. The molecule has 4 rings (SSSR count). The molecule has 0 spiro atoms. The molecule has 21 heteroatoms. The second kappa shape index (κ2) is 22.6. The largest absolute Gasteiger partial charge is 0.490 e. The van der Waals surface area contributed by atoms with Crippen LogP contribution in [0.1, 0.15) is 63.8 Å². The Morgan fingerprint density at radius 3 is 2.06 bits per heavy atom. The number of carboxylic acid groups (broad SMARTS) is 2. The summed E-state index contributed by atoms with van der Waals surface area (Å²) in [4.78, 5) is 85.1. The third-order valence-corrected chi connectivity index (χ3v) is 9.55. The molecule has 63 heavy (non-hydrogen) atoms. The van der Waals surface area contributed by atoms with Crippen LogP contribution >= 0.6 is 0 Å². The minimum atomic E-state index is -5.08. The van der Waals surface area contributed by atoms with E-state index in [1.165, 1.54) is 4.90 Å². The number of aromatic nitrogens is 1. The highest BCUT2D eigenvalue weighted by molar-refractivity contribution is 6.14. The summed E-state index contributed by atoms with van der Waals surface area (Å²) in [6.45, 7) is 4.64. The Kier molecular flexibility index (Phi) is 18.2. The number of carboxylic acids is 2. The van der Waals surface area contributed by atoms with E-state index < -0.39 is 96.0 Å². The maximum atomic E-state index is 15.0. The van der Waals surface area contributed by atoms with Crippen molar-refractivity contribution in [3.63, 3.8) is 0 Å². The molecule has 0 saturated heterocycles. The second-order valence-electron chi connectivity index (χ2n) is 15.4. The summed E-state index contributed by atoms with van der Waals surface area (Å²) in [5.74, 6) is -8.52. The quantitative estimate of drug-likeness (QED) is 0.0578. The highest BCUT2D eigenvalue weighted by atomic mass is 19.4. The van der Waals surface area contributed by atoms with E-state index in [2.05, 4.69) is 10.6 Å². The zero-order valence-corrected chi connectivity index (χ0v) is 34.5. The number of aliphatic carboxylic acids is 2. The molecule has 0 radical (unpaired) electrons. The first-order valence-corrected chi connectivity index (χ1v) is 19.4. The Morgan fingerprint density at radius 2 is 1.51 bits per heavy atom. The van der Waals surface area contributed by atoms with Crippen molar-refractivity contribution in [2.24, 2.45) is 11.1 Å². The predicted molar refractivity (Wildman–Crippen MR) is 215 cm³/mol. The fourth-order valence-corrected chi connectivity index (χ4v) is 6.53. The van der Waals surface area contributed by atoms with Crippen molar-refractivity contribution in [2.75, 3.05) is 26.2 Å². The lowest BCUT2D eigenvalue weighted by molar-refractivity contribution is -0.192. The standard InChI is InChI=1S/C40H48F2N6O8.C2HF3O2/c1-40(2,3)37(32-19-26(28-20-27(41)12-13-29(28)42)22-46(32)21-25-9-5-4-6-10-25)47(36(53)24-49)18-16-30(43)38(54)45-31(39(55)56)11-7-8-17-44-33(50)23-48-34(51)14-15-35(48)52;3-2(4,5)1(6)7/h4-6,9-10,12-15,19-20,22,30-31,37,49H,7-8,11,16-18,21,23-24,43H2,1-3H3,(H,44,50)(H,45,54)(H,55,56);(H,6,7). The summed E-state index contributed by atoms with van der Waals surface area (Å²) in [6, 6.07) is 10.9. The number of rotatable bonds is 19. The molecule has 3 unspecified atom stereocenters. The van der Waals surface area contributed by atoms with Crippen LogP contribution in [-0.4, -0.2) is 116 Å². The number of hydrogen-bond acceptors (Lipinski definition) is 9. The minimum absolute atomic E-state index is 0.00451. The second-order valence-corrected chi connectivity index (χ2v) is 15.4. The van der Waals surface area contributed by atoms with Gasteiger partial charge in [0.2, 0.25) is 17.7 Å². The van der Waals surface area contributed by atoms with E-state index in [4.69, 9.17) is 15.6 Å². The number of aliphatic hydroxyl groups is 1. The number of aliphatic hydroxyl groups excluding tert-OH is 1. The average Bonchev–Trinajstić information content (AvgIpc) is 3.76. The van der Waals surface area contributed by atoms with Crippen LogP contribution in [0.15, 0.2) is 72.9 Å². The number of halogens is 5. The van der Waals surface area contributed by atoms with E-state index in [0.29, 0.717) is 24.2 Å². The Morgan fingerprint density at radius 1 is 0.889 bits per heavy atom. The van der Waals surface area contributed by atoms with E-state index in [9.17, 15) is 56.5 Å². The van der Waals surface area contributed by atoms with Crippen molar-refractivity contribution >= 4 is 41.5 Å². The van der Waals surface area contributed by atoms with Crippen molar-refractivity contribution in [2.45, 2.75) is 77.3 Å². The first-order valence-electron chi connectivity index (χ1n) is 19.4. The summed E-state index contributed by atoms with van der Waals surface area (Å²) >= 11 is 0. The van der Waals surface area contributed by atoms with Gasteiger partial charge in [0.1, 0.15) is 30.8 Å². The van der Waals surface area contributed by atoms with Crippen molar-refractivity contribution in [1.29, 1.82) is 0 Å². The van der Waals surface area contributed by atoms with Gasteiger partial charge in [-0.15, -0.1) is 0 Å². The zero-order chi connectivity index (χ0) is 47.2. The van der Waals surface area contributed by atoms with Crippen LogP contribution in [0.3, 0.4) is 0 Å². The van der Waals surface area contributed by atoms with E-state index in [1.54, 1.807) is 12.3 Å². The molecule has 0 bridgehead atoms. The van der Waals surface area contributed by atoms with Crippen LogP contribution in [0.25, 0.3) is 11.1 Å². The molecule has 16 nitrogen and oxygen atoms in total. The topological polar surface area (TPSA) is 242 Å². The molecule has 5 amide bonds. The molecule has 1 aliphatic rings. The Balaban J connectivity index is 0.00000139. The average molecular weight is 893 g/mol. The van der Waals surface area contributed by atoms with Gasteiger partial charge in [-0.25, -0.2) is 18.4 Å². The van der Waals surface area contributed by atoms with Gasteiger partial charge < -0.3 is 41.2 Å². The highest BCUT2D eigenvalue weighted by Crippen LogP contribution is 2.41. The minimum Gasteiger partial charge on any atom is -0.480 e. The van der Waals surface area contributed by atoms with Gasteiger partial charge in [-0.3, -0.25) is 28.9 Å². The van der Waals surface area contributed by atoms with Crippen molar-refractivity contribution < 1.29 is 70.8 Å². The molecule has 3 atom stereocenters. The number of carbonyl (C=O) groups is 7. The number of unbranched alkanes of at least 4 members (excludes halogenated alkanes) is 1. The first-order chi connectivity index (χ1) is 29.4. The van der Waals surface area contributed by atoms with Crippen molar-refractivity contribution in [3.05, 3.63) is 95.8 Å². The van der Waals surface area contributed by atoms with E-state index in [0.717, 1.165) is 40.8 Å². The maximum absolute atomic E-state index is 15.0. The summed E-state index contributed by atoms with van der Waals surface area (Å²) in [5, 5.41) is 32.0. The summed E-state index contributed by atoms with van der Waals surface area (Å²) < 4.78 is 62.9. The number of benzene rings is 2. The van der Waals surface area contributed by atoms with Crippen LogP contribution in [-0.2, 0) is 40.1 Å². The molecular formula is C42H49F5N6O10. The van der Waals surface area contributed by atoms with Gasteiger partial charge in [-0.2, -0.15) is 13.2 Å². The van der Waals surface area contributed by atoms with E-state index in [-0.39, 0.29) is 37.9 Å². The number of nitrogens with zero attached hydrogens (tertiary/aromatic N) is 3. The van der Waals surface area contributed by atoms with E-state index in [1.807, 2.05) is 55.7 Å². The van der Waals surface area contributed by atoms with E-state index >= 15 is 4.39 Å². The van der Waals surface area contributed by atoms with Crippen LogP contribution in [0.5, 0.6) is 0 Å². The monoisotopic (exact) mass is 892 g/mol. The lowest BCUT2D eigenvalue weighted by Gasteiger charge is -2.41. The van der Waals surface area contributed by atoms with Gasteiger partial charge in [0.15, 0.2) is 0 Å². The van der Waals surface area contributed by atoms with Crippen molar-refractivity contribution in [1.82, 2.24) is 25.0 Å². The molecule has 0 saturated carbocycles. The molecule has 0 fully saturated rings. The molecule has 3 aromatic rings. The lowest BCUT2D eigenvalue weighted by atomic mass is 9.82. The molecular weight excluding hydrogens is 843 g/mol. The van der Waals surface area contributed by atoms with Crippen LogP contribution < -0.4 is 16.4 Å². The smallest absolute Gasteiger partial charge is 0.480 e. The Labute approximate surface area is 358 Å². The summed E-state index contributed by atoms with van der Waals surface area (Å²) in [5.41, 5.74) is 7.37. The number of nitrogens with one attached hydrogen (secondary N) is 2. The van der Waals surface area contributed by atoms with Gasteiger partial charge in [0.25, 0.3) is 11.8 Å². The predicted octanol–water partition coefficient (Wildman–Crippen LogP) is 3.52. The van der Waals surface area contributed by atoms with Crippen LogP contribution in [0.4, 0.5) is 22.0 Å². The molecule has 2 aromatic carbocycles. The van der Waals surface area contributed by atoms with Crippen molar-refractivity contribution in [3.8, 4) is 11.1 Å². The molecule has 7 N–H and O–H groups in total. The Bertz CT molecular complexity index is 2140. The Hall–Kier alpha value is -6.48. The van der Waals surface area contributed by atoms with Gasteiger partial charge >= 0.3 is 18.1 Å². The fourth-order valence-electron chi connectivity index (χ4n) is 6.53. The molecule has 342 valence electrons. The fraction of sp³-hybridized carbons (Fsp3) is 0.405. The highest BCUT2D eigenvalue weighted by Gasteiger charge is 2.39. The third kappa shape index (κ3) is 15.1. The number of amides is 5. The number of nitrogens with two attached hydrogens (primary N) is 1. The van der Waals surface area contributed by atoms with Gasteiger partial charge in [-0.1, -0.05) is 51.1 Å². The number of carbonyl (C=O) groups excluding carboxylic acids is 5. The number of alkyl halides is 3. The van der Waals surface area contributed by atoms with Gasteiger partial charge in [0.05, 0.1) is 12.1 Å². The van der Waals surface area contributed by atoms with Crippen LogP contribution in [0.2, 0.25) is 0 Å². The van der Waals surface area contributed by atoms with Gasteiger partial charge in [0, 0.05) is 54.8 Å². The zero-order valence-electron chi connectivity index (χ0n) is 34.5. The van der Waals surface area contributed by atoms with Crippen LogP contribution in [0, 0.1) is 17.0 Å². The van der Waals surface area contributed by atoms with Gasteiger partial charge in [-0.05, 0) is 60.9 Å². The number of hydrogen-bond donors (Lipinski definition) is 6. The SMILES string of the molecule is CC(C)(C)C(c1cc(-c2cc(F)ccc2F)cn1Cc1ccccc1)N(CCC(N)C(=O)NC(CCCCNC(=O)CN1C(=O)C=CC1=O)C(=O)O)C(=O)CO.O=C(O)C(F)(F)F. The molecule has 1 aromatic heterocycles. The summed E-state index contributed by atoms with van der Waals surface area (Å²) in [6.07, 6.45) is -0.766. The maximum Gasteiger partial charge on any atom is 0.490 e. The molecule has 2 heterocycles. The molecule has 0 aliphatic carbocycles. The lowest BCUT2D eigenvalue weighted by Crippen LogP contribution is -2.50.